The Kier molecular flexibility index (Phi) is 5.96. The summed E-state index contributed by atoms with van der Waals surface area (Å²) in [7, 11) is 1.33. The highest BCUT2D eigenvalue weighted by Gasteiger charge is 2.23. The predicted molar refractivity (Wildman–Crippen MR) is 105 cm³/mol. The lowest BCUT2D eigenvalue weighted by atomic mass is 9.99. The summed E-state index contributed by atoms with van der Waals surface area (Å²) in [6.45, 7) is 8.78. The molecule has 27 heavy (non-hydrogen) atoms. The number of hydrogen-bond acceptors (Lipinski definition) is 6. The van der Waals surface area contributed by atoms with E-state index in [1.807, 2.05) is 5.38 Å². The Hall–Kier alpha value is -2.19. The number of carbonyl (C=O) groups is 2. The molecule has 146 valence electrons. The predicted octanol–water partition coefficient (Wildman–Crippen LogP) is 3.36. The summed E-state index contributed by atoms with van der Waals surface area (Å²) < 4.78 is 4.79. The second-order valence-corrected chi connectivity index (χ2v) is 8.03. The molecule has 0 saturated carbocycles. The van der Waals surface area contributed by atoms with Crippen LogP contribution in [0.1, 0.15) is 57.6 Å². The lowest BCUT2D eigenvalue weighted by Gasteiger charge is -2.29. The van der Waals surface area contributed by atoms with Gasteiger partial charge in [-0.05, 0) is 51.3 Å². The standard InChI is InChI=1S/C19H26N4O3S/c1-11-5-7-23(8-6-11)9-14-10-27-19(21-14)22-17(24)16-12(2)15(13(3)20-16)18(25)26-4/h10-11,20H,5-9H2,1-4H3,(H,21,22,24). The van der Waals surface area contributed by atoms with Crippen LogP contribution in [0.5, 0.6) is 0 Å². The number of nitrogens with one attached hydrogen (secondary N) is 2. The summed E-state index contributed by atoms with van der Waals surface area (Å²) in [4.78, 5) is 34.4. The van der Waals surface area contributed by atoms with Gasteiger partial charge in [0.05, 0.1) is 18.4 Å². The molecule has 0 aromatic carbocycles. The zero-order valence-corrected chi connectivity index (χ0v) is 17.0. The maximum absolute atomic E-state index is 12.6. The van der Waals surface area contributed by atoms with Crippen molar-refractivity contribution in [2.45, 2.75) is 40.2 Å². The van der Waals surface area contributed by atoms with E-state index in [2.05, 4.69) is 27.1 Å². The van der Waals surface area contributed by atoms with E-state index in [4.69, 9.17) is 4.74 Å². The highest BCUT2D eigenvalue weighted by atomic mass is 32.1. The first-order valence-electron chi connectivity index (χ1n) is 9.14. The van der Waals surface area contributed by atoms with Crippen molar-refractivity contribution in [2.24, 2.45) is 5.92 Å². The van der Waals surface area contributed by atoms with Gasteiger partial charge < -0.3 is 9.72 Å². The second-order valence-electron chi connectivity index (χ2n) is 7.17. The monoisotopic (exact) mass is 390 g/mol. The number of hydrogen-bond donors (Lipinski definition) is 2. The van der Waals surface area contributed by atoms with E-state index in [0.717, 1.165) is 31.2 Å². The molecule has 0 unspecified atom stereocenters. The number of aromatic nitrogens is 2. The molecule has 0 radical (unpaired) electrons. The number of H-pyrrole nitrogens is 1. The summed E-state index contributed by atoms with van der Waals surface area (Å²) in [6.07, 6.45) is 2.45. The molecule has 0 spiro atoms. The van der Waals surface area contributed by atoms with Crippen LogP contribution in [0.25, 0.3) is 0 Å². The van der Waals surface area contributed by atoms with E-state index in [0.29, 0.717) is 27.6 Å². The average Bonchev–Trinajstić information content (AvgIpc) is 3.20. The van der Waals surface area contributed by atoms with Crippen LogP contribution in [0.3, 0.4) is 0 Å². The molecule has 3 rings (SSSR count). The highest BCUT2D eigenvalue weighted by molar-refractivity contribution is 7.13. The Morgan fingerprint density at radius 1 is 1.37 bits per heavy atom. The van der Waals surface area contributed by atoms with Gasteiger partial charge in [-0.1, -0.05) is 6.92 Å². The van der Waals surface area contributed by atoms with Gasteiger partial charge in [-0.3, -0.25) is 15.0 Å². The number of amides is 1. The van der Waals surface area contributed by atoms with Gasteiger partial charge in [0.1, 0.15) is 5.69 Å². The number of likely N-dealkylation sites (tertiary alicyclic amines) is 1. The van der Waals surface area contributed by atoms with Crippen LogP contribution in [0.15, 0.2) is 5.38 Å². The van der Waals surface area contributed by atoms with Crippen LogP contribution >= 0.6 is 11.3 Å². The van der Waals surface area contributed by atoms with Gasteiger partial charge >= 0.3 is 5.97 Å². The summed E-state index contributed by atoms with van der Waals surface area (Å²) in [5, 5.41) is 5.38. The number of aromatic amines is 1. The van der Waals surface area contributed by atoms with Gasteiger partial charge in [0.15, 0.2) is 5.13 Å². The Bertz CT molecular complexity index is 834. The van der Waals surface area contributed by atoms with Crippen LogP contribution in [-0.4, -0.2) is 46.9 Å². The molecular formula is C19H26N4O3S. The molecule has 1 fully saturated rings. The Morgan fingerprint density at radius 3 is 2.74 bits per heavy atom. The van der Waals surface area contributed by atoms with Crippen molar-refractivity contribution in [1.29, 1.82) is 0 Å². The van der Waals surface area contributed by atoms with Crippen LogP contribution in [-0.2, 0) is 11.3 Å². The topological polar surface area (TPSA) is 87.3 Å². The fourth-order valence-electron chi connectivity index (χ4n) is 3.43. The normalized spacial score (nSPS) is 15.7. The third-order valence-electron chi connectivity index (χ3n) is 5.09. The third-order valence-corrected chi connectivity index (χ3v) is 5.89. The van der Waals surface area contributed by atoms with E-state index >= 15 is 0 Å². The maximum Gasteiger partial charge on any atom is 0.339 e. The Morgan fingerprint density at radius 2 is 2.07 bits per heavy atom. The molecule has 1 aliphatic heterocycles. The zero-order chi connectivity index (χ0) is 19.6. The molecule has 2 aromatic rings. The molecule has 1 amide bonds. The Labute approximate surface area is 163 Å². The third kappa shape index (κ3) is 4.39. The number of ether oxygens (including phenoxy) is 1. The number of anilines is 1. The van der Waals surface area contributed by atoms with Crippen LogP contribution in [0.2, 0.25) is 0 Å². The largest absolute Gasteiger partial charge is 0.465 e. The summed E-state index contributed by atoms with van der Waals surface area (Å²) in [5.74, 6) is 0.0417. The second kappa shape index (κ2) is 8.22. The lowest BCUT2D eigenvalue weighted by molar-refractivity contribution is 0.0599. The van der Waals surface area contributed by atoms with E-state index in [1.165, 1.54) is 31.3 Å². The summed E-state index contributed by atoms with van der Waals surface area (Å²) in [5.41, 5.74) is 2.93. The number of methoxy groups -OCH3 is 1. The first-order chi connectivity index (χ1) is 12.9. The van der Waals surface area contributed by atoms with Crippen molar-refractivity contribution in [1.82, 2.24) is 14.9 Å². The molecular weight excluding hydrogens is 364 g/mol. The molecule has 3 heterocycles. The van der Waals surface area contributed by atoms with E-state index in [9.17, 15) is 9.59 Å². The molecule has 0 bridgehead atoms. The summed E-state index contributed by atoms with van der Waals surface area (Å²) in [6, 6.07) is 0. The molecule has 0 atom stereocenters. The molecule has 2 N–H and O–H groups in total. The van der Waals surface area contributed by atoms with Gasteiger partial charge in [-0.15, -0.1) is 11.3 Å². The van der Waals surface area contributed by atoms with Gasteiger partial charge in [0.25, 0.3) is 5.91 Å². The average molecular weight is 391 g/mol. The van der Waals surface area contributed by atoms with Crippen molar-refractivity contribution < 1.29 is 14.3 Å². The molecule has 8 heteroatoms. The van der Waals surface area contributed by atoms with Gasteiger partial charge in [-0.2, -0.15) is 0 Å². The van der Waals surface area contributed by atoms with Crippen LogP contribution in [0, 0.1) is 19.8 Å². The quantitative estimate of drug-likeness (QED) is 0.765. The zero-order valence-electron chi connectivity index (χ0n) is 16.2. The summed E-state index contributed by atoms with van der Waals surface area (Å²) >= 11 is 1.41. The minimum atomic E-state index is -0.451. The van der Waals surface area contributed by atoms with Gasteiger partial charge in [0.2, 0.25) is 0 Å². The minimum absolute atomic E-state index is 0.307. The van der Waals surface area contributed by atoms with Gasteiger partial charge in [-0.25, -0.2) is 9.78 Å². The van der Waals surface area contributed by atoms with Crippen molar-refractivity contribution in [3.05, 3.63) is 33.6 Å². The van der Waals surface area contributed by atoms with E-state index in [-0.39, 0.29) is 5.91 Å². The van der Waals surface area contributed by atoms with Crippen LogP contribution < -0.4 is 5.32 Å². The molecule has 2 aromatic heterocycles. The molecule has 7 nitrogen and oxygen atoms in total. The number of aryl methyl sites for hydroxylation is 1. The number of rotatable bonds is 5. The lowest BCUT2D eigenvalue weighted by Crippen LogP contribution is -2.32. The SMILES string of the molecule is COC(=O)c1c(C)[nH]c(C(=O)Nc2nc(CN3CCC(C)CC3)cs2)c1C. The van der Waals surface area contributed by atoms with Crippen molar-refractivity contribution >= 4 is 28.3 Å². The first kappa shape index (κ1) is 19.6. The number of carbonyl (C=O) groups excluding carboxylic acids is 2. The number of esters is 1. The fraction of sp³-hybridized carbons (Fsp3) is 0.526. The molecule has 1 aliphatic rings. The van der Waals surface area contributed by atoms with Crippen molar-refractivity contribution in [2.75, 3.05) is 25.5 Å². The van der Waals surface area contributed by atoms with Crippen molar-refractivity contribution in [3.63, 3.8) is 0 Å². The minimum Gasteiger partial charge on any atom is -0.465 e. The van der Waals surface area contributed by atoms with Gasteiger partial charge in [0, 0.05) is 17.6 Å². The van der Waals surface area contributed by atoms with Crippen molar-refractivity contribution in [3.8, 4) is 0 Å². The highest BCUT2D eigenvalue weighted by Crippen LogP contribution is 2.23. The number of nitrogens with zero attached hydrogens (tertiary/aromatic N) is 2. The first-order valence-corrected chi connectivity index (χ1v) is 10.0. The number of piperidine rings is 1. The van der Waals surface area contributed by atoms with Crippen LogP contribution in [0.4, 0.5) is 5.13 Å². The smallest absolute Gasteiger partial charge is 0.339 e. The maximum atomic E-state index is 12.6. The fourth-order valence-corrected chi connectivity index (χ4v) is 4.13. The molecule has 1 saturated heterocycles. The number of thiazole rings is 1. The van der Waals surface area contributed by atoms with E-state index in [1.54, 1.807) is 13.8 Å². The Balaban J connectivity index is 1.65. The molecule has 0 aliphatic carbocycles. The van der Waals surface area contributed by atoms with E-state index < -0.39 is 5.97 Å².